The van der Waals surface area contributed by atoms with E-state index in [1.54, 1.807) is 0 Å². The number of hydrogen-bond acceptors (Lipinski definition) is 0. The van der Waals surface area contributed by atoms with Gasteiger partial charge in [-0.3, -0.25) is 0 Å². The lowest BCUT2D eigenvalue weighted by molar-refractivity contribution is 0.397. The summed E-state index contributed by atoms with van der Waals surface area (Å²) < 4.78 is 0. The summed E-state index contributed by atoms with van der Waals surface area (Å²) in [5, 5.41) is 0. The average molecular weight is 259 g/mol. The van der Waals surface area contributed by atoms with Gasteiger partial charge >= 0.3 is 0 Å². The molecule has 0 spiro atoms. The zero-order chi connectivity index (χ0) is 15.6. The molecule has 0 heterocycles. The Morgan fingerprint density at radius 1 is 0.389 bits per heavy atom. The van der Waals surface area contributed by atoms with E-state index in [0.717, 1.165) is 0 Å². The van der Waals surface area contributed by atoms with Gasteiger partial charge in [0.1, 0.15) is 0 Å². The van der Waals surface area contributed by atoms with Crippen molar-refractivity contribution in [2.75, 3.05) is 0 Å². The van der Waals surface area contributed by atoms with Crippen molar-refractivity contribution in [3.8, 4) is 0 Å². The number of rotatable bonds is 0. The Balaban J connectivity index is -0.000000187. The maximum atomic E-state index is 2.24. The standard InChI is InChI=1S/3C6H14/c3*1-5-6(2,3)4/h3*5H2,1-4H3. The molecule has 0 heteroatoms. The smallest absolute Gasteiger partial charge is 0.0385 e. The summed E-state index contributed by atoms with van der Waals surface area (Å²) >= 11 is 0. The van der Waals surface area contributed by atoms with Crippen molar-refractivity contribution in [1.82, 2.24) is 0 Å². The summed E-state index contributed by atoms with van der Waals surface area (Å²) in [4.78, 5) is 0. The van der Waals surface area contributed by atoms with Gasteiger partial charge in [-0.2, -0.15) is 0 Å². The van der Waals surface area contributed by atoms with Crippen molar-refractivity contribution < 1.29 is 0 Å². The Kier molecular flexibility index (Phi) is 12.7. The van der Waals surface area contributed by atoms with Crippen LogP contribution in [0.25, 0.3) is 0 Å². The molecule has 0 aliphatic carbocycles. The second-order valence-electron chi connectivity index (χ2n) is 8.74. The molecule has 0 N–H and O–H groups in total. The minimum Gasteiger partial charge on any atom is -0.0649 e. The summed E-state index contributed by atoms with van der Waals surface area (Å²) in [5.74, 6) is 0. The third-order valence-corrected chi connectivity index (χ3v) is 3.18. The van der Waals surface area contributed by atoms with Crippen LogP contribution in [0.15, 0.2) is 0 Å². The second kappa shape index (κ2) is 9.87. The van der Waals surface area contributed by atoms with Crippen LogP contribution in [0, 0.1) is 16.2 Å². The number of hydrogen-bond donors (Lipinski definition) is 0. The summed E-state index contributed by atoms with van der Waals surface area (Å²) in [6.45, 7) is 26.8. The zero-order valence-corrected chi connectivity index (χ0v) is 15.6. The van der Waals surface area contributed by atoms with E-state index in [4.69, 9.17) is 0 Å². The second-order valence-corrected chi connectivity index (χ2v) is 8.74. The summed E-state index contributed by atoms with van der Waals surface area (Å²) in [6.07, 6.45) is 3.81. The van der Waals surface area contributed by atoms with Crippen LogP contribution in [0.3, 0.4) is 0 Å². The molecule has 0 saturated heterocycles. The maximum Gasteiger partial charge on any atom is -0.0385 e. The fourth-order valence-electron chi connectivity index (χ4n) is 0. The highest BCUT2D eigenvalue weighted by molar-refractivity contribution is 4.56. The van der Waals surface area contributed by atoms with Crippen LogP contribution in [-0.2, 0) is 0 Å². The highest BCUT2D eigenvalue weighted by Crippen LogP contribution is 2.17. The molecule has 0 nitrogen and oxygen atoms in total. The molecule has 0 bridgehead atoms. The first-order chi connectivity index (χ1) is 7.68. The third-order valence-electron chi connectivity index (χ3n) is 3.18. The van der Waals surface area contributed by atoms with Crippen molar-refractivity contribution in [3.05, 3.63) is 0 Å². The van der Waals surface area contributed by atoms with Crippen LogP contribution in [0.1, 0.15) is 102 Å². The molecular formula is C18H42. The first-order valence-corrected chi connectivity index (χ1v) is 7.68. The average Bonchev–Trinajstić information content (AvgIpc) is 2.16. The van der Waals surface area contributed by atoms with Crippen molar-refractivity contribution in [2.24, 2.45) is 16.2 Å². The molecule has 0 unspecified atom stereocenters. The van der Waals surface area contributed by atoms with E-state index in [1.807, 2.05) is 0 Å². The van der Waals surface area contributed by atoms with Gasteiger partial charge in [-0.25, -0.2) is 0 Å². The molecule has 0 aromatic heterocycles. The van der Waals surface area contributed by atoms with Crippen LogP contribution in [0.2, 0.25) is 0 Å². The van der Waals surface area contributed by atoms with Crippen LogP contribution in [0.5, 0.6) is 0 Å². The van der Waals surface area contributed by atoms with E-state index in [0.29, 0.717) is 16.2 Å². The first kappa shape index (κ1) is 23.1. The van der Waals surface area contributed by atoms with Gasteiger partial charge in [-0.15, -0.1) is 0 Å². The Morgan fingerprint density at radius 3 is 0.444 bits per heavy atom. The van der Waals surface area contributed by atoms with E-state index in [1.165, 1.54) is 19.3 Å². The first-order valence-electron chi connectivity index (χ1n) is 7.68. The summed E-state index contributed by atoms with van der Waals surface area (Å²) in [6, 6.07) is 0. The minimum absolute atomic E-state index is 0.542. The van der Waals surface area contributed by atoms with Gasteiger partial charge in [-0.1, -0.05) is 102 Å². The predicted molar refractivity (Wildman–Crippen MR) is 89.2 cm³/mol. The quantitative estimate of drug-likeness (QED) is 0.427. The van der Waals surface area contributed by atoms with Gasteiger partial charge in [-0.05, 0) is 16.2 Å². The lowest BCUT2D eigenvalue weighted by atomic mass is 9.94. The van der Waals surface area contributed by atoms with Gasteiger partial charge in [0.2, 0.25) is 0 Å². The fraction of sp³-hybridized carbons (Fsp3) is 1.00. The Morgan fingerprint density at radius 2 is 0.444 bits per heavy atom. The largest absolute Gasteiger partial charge is 0.0649 e. The minimum atomic E-state index is 0.542. The summed E-state index contributed by atoms with van der Waals surface area (Å²) in [7, 11) is 0. The molecule has 0 aliphatic heterocycles. The molecule has 0 radical (unpaired) electrons. The third kappa shape index (κ3) is 44.4. The molecule has 0 aliphatic rings. The SMILES string of the molecule is CCC(C)(C)C.CCC(C)(C)C.CCC(C)(C)C. The molecule has 0 aromatic rings. The Bertz CT molecular complexity index is 123. The molecule has 0 saturated carbocycles. The van der Waals surface area contributed by atoms with E-state index >= 15 is 0 Å². The molecule has 0 amide bonds. The van der Waals surface area contributed by atoms with Gasteiger partial charge in [0.25, 0.3) is 0 Å². The van der Waals surface area contributed by atoms with Crippen LogP contribution >= 0.6 is 0 Å². The molecule has 18 heavy (non-hydrogen) atoms. The lowest BCUT2D eigenvalue weighted by Crippen LogP contribution is -2.00. The summed E-state index contributed by atoms with van der Waals surface area (Å²) in [5.41, 5.74) is 1.63. The fourth-order valence-corrected chi connectivity index (χ4v) is 0. The highest BCUT2D eigenvalue weighted by Gasteiger charge is 2.04. The topological polar surface area (TPSA) is 0 Å². The van der Waals surface area contributed by atoms with Crippen molar-refractivity contribution >= 4 is 0 Å². The lowest BCUT2D eigenvalue weighted by Gasteiger charge is -2.12. The van der Waals surface area contributed by atoms with E-state index in [-0.39, 0.29) is 0 Å². The molecule has 0 aromatic carbocycles. The van der Waals surface area contributed by atoms with E-state index in [9.17, 15) is 0 Å². The van der Waals surface area contributed by atoms with Crippen LogP contribution in [-0.4, -0.2) is 0 Å². The van der Waals surface area contributed by atoms with Crippen molar-refractivity contribution in [2.45, 2.75) is 102 Å². The van der Waals surface area contributed by atoms with Crippen LogP contribution in [0.4, 0.5) is 0 Å². The van der Waals surface area contributed by atoms with E-state index < -0.39 is 0 Å². The Labute approximate surface area is 119 Å². The molecule has 0 rings (SSSR count). The van der Waals surface area contributed by atoms with Crippen molar-refractivity contribution in [3.63, 3.8) is 0 Å². The molecule has 0 atom stereocenters. The highest BCUT2D eigenvalue weighted by atomic mass is 14.1. The molecule has 114 valence electrons. The van der Waals surface area contributed by atoms with Crippen LogP contribution < -0.4 is 0 Å². The zero-order valence-electron chi connectivity index (χ0n) is 15.6. The normalized spacial score (nSPS) is 12.0. The molecular weight excluding hydrogens is 216 g/mol. The van der Waals surface area contributed by atoms with E-state index in [2.05, 4.69) is 83.1 Å². The van der Waals surface area contributed by atoms with Gasteiger partial charge in [0, 0.05) is 0 Å². The molecule has 0 fully saturated rings. The Hall–Kier alpha value is 0. The maximum absolute atomic E-state index is 2.24. The van der Waals surface area contributed by atoms with Crippen molar-refractivity contribution in [1.29, 1.82) is 0 Å². The van der Waals surface area contributed by atoms with Gasteiger partial charge < -0.3 is 0 Å². The van der Waals surface area contributed by atoms with Gasteiger partial charge in [0.05, 0.1) is 0 Å². The predicted octanol–water partition coefficient (Wildman–Crippen LogP) is 7.33. The van der Waals surface area contributed by atoms with Gasteiger partial charge in [0.15, 0.2) is 0 Å². The monoisotopic (exact) mass is 258 g/mol.